The van der Waals surface area contributed by atoms with Gasteiger partial charge in [-0.2, -0.15) is 0 Å². The predicted octanol–water partition coefficient (Wildman–Crippen LogP) is 1.52. The summed E-state index contributed by atoms with van der Waals surface area (Å²) in [5.74, 6) is 0.672. The van der Waals surface area contributed by atoms with Gasteiger partial charge in [0.05, 0.1) is 0 Å². The van der Waals surface area contributed by atoms with Gasteiger partial charge in [0, 0.05) is 19.3 Å². The fraction of sp³-hybridized carbons (Fsp3) is 0.545. The van der Waals surface area contributed by atoms with Gasteiger partial charge in [0.1, 0.15) is 5.15 Å². The Morgan fingerprint density at radius 2 is 2.40 bits per heavy atom. The smallest absolute Gasteiger partial charge is 0.129 e. The molecule has 1 aliphatic rings. The molecule has 2 rings (SSSR count). The Balaban J connectivity index is 1.90. The topological polar surface area (TPSA) is 42.1 Å². The highest BCUT2D eigenvalue weighted by Gasteiger charge is 2.20. The maximum atomic E-state index is 5.73. The molecule has 1 atom stereocenters. The number of nitrogens with zero attached hydrogens (tertiary/aromatic N) is 2. The fourth-order valence-corrected chi connectivity index (χ4v) is 2.12. The quantitative estimate of drug-likeness (QED) is 0.794. The number of hydrogen-bond donors (Lipinski definition) is 1. The van der Waals surface area contributed by atoms with Gasteiger partial charge in [-0.05, 0) is 37.1 Å². The number of nitrogens with two attached hydrogens (primary N) is 1. The molecular weight excluding hydrogens is 210 g/mol. The molecule has 1 fully saturated rings. The molecule has 1 aliphatic heterocycles. The van der Waals surface area contributed by atoms with Crippen molar-refractivity contribution >= 4 is 11.6 Å². The van der Waals surface area contributed by atoms with E-state index in [1.165, 1.54) is 12.0 Å². The Hall–Kier alpha value is -0.640. The second-order valence-electron chi connectivity index (χ2n) is 4.11. The Bertz CT molecular complexity index is 312. The Morgan fingerprint density at radius 1 is 1.53 bits per heavy atom. The van der Waals surface area contributed by atoms with Crippen LogP contribution >= 0.6 is 11.6 Å². The molecule has 1 saturated heterocycles. The highest BCUT2D eigenvalue weighted by atomic mass is 35.5. The lowest BCUT2D eigenvalue weighted by Gasteiger charge is -2.15. The van der Waals surface area contributed by atoms with Gasteiger partial charge in [0.25, 0.3) is 0 Å². The molecule has 0 aliphatic carbocycles. The van der Waals surface area contributed by atoms with Crippen LogP contribution in [0.3, 0.4) is 0 Å². The molecule has 0 radical (unpaired) electrons. The number of rotatable bonds is 3. The number of hydrogen-bond acceptors (Lipinski definition) is 3. The molecule has 0 saturated carbocycles. The van der Waals surface area contributed by atoms with Gasteiger partial charge in [0.2, 0.25) is 0 Å². The zero-order valence-electron chi connectivity index (χ0n) is 8.69. The average molecular weight is 226 g/mol. The van der Waals surface area contributed by atoms with Crippen LogP contribution in [0.4, 0.5) is 0 Å². The molecule has 1 unspecified atom stereocenters. The van der Waals surface area contributed by atoms with Crippen LogP contribution in [0.1, 0.15) is 12.0 Å². The van der Waals surface area contributed by atoms with Gasteiger partial charge in [-0.1, -0.05) is 17.7 Å². The number of halogens is 1. The standard InChI is InChI=1S/C11H16ClN3/c12-11-2-1-10(6-14-11)8-15-4-3-9(5-13)7-15/h1-2,6,9H,3-5,7-8,13H2. The van der Waals surface area contributed by atoms with Crippen LogP contribution in [-0.4, -0.2) is 29.5 Å². The van der Waals surface area contributed by atoms with E-state index in [0.717, 1.165) is 26.2 Å². The first kappa shape index (κ1) is 10.9. The van der Waals surface area contributed by atoms with Crippen LogP contribution in [0.15, 0.2) is 18.3 Å². The van der Waals surface area contributed by atoms with Crippen molar-refractivity contribution in [3.63, 3.8) is 0 Å². The first-order chi connectivity index (χ1) is 7.28. The van der Waals surface area contributed by atoms with Gasteiger partial charge in [-0.3, -0.25) is 4.90 Å². The van der Waals surface area contributed by atoms with Crippen molar-refractivity contribution in [2.45, 2.75) is 13.0 Å². The van der Waals surface area contributed by atoms with Gasteiger partial charge in [-0.25, -0.2) is 4.98 Å². The van der Waals surface area contributed by atoms with Crippen molar-refractivity contribution < 1.29 is 0 Å². The van der Waals surface area contributed by atoms with E-state index in [4.69, 9.17) is 17.3 Å². The minimum Gasteiger partial charge on any atom is -0.330 e. The van der Waals surface area contributed by atoms with E-state index in [9.17, 15) is 0 Å². The largest absolute Gasteiger partial charge is 0.330 e. The van der Waals surface area contributed by atoms with E-state index in [1.807, 2.05) is 18.3 Å². The van der Waals surface area contributed by atoms with Crippen LogP contribution in [-0.2, 0) is 6.54 Å². The third-order valence-electron chi connectivity index (χ3n) is 2.90. The summed E-state index contributed by atoms with van der Waals surface area (Å²) in [6, 6.07) is 3.87. The van der Waals surface area contributed by atoms with E-state index in [1.54, 1.807) is 0 Å². The summed E-state index contributed by atoms with van der Waals surface area (Å²) in [7, 11) is 0. The maximum Gasteiger partial charge on any atom is 0.129 e. The van der Waals surface area contributed by atoms with Gasteiger partial charge in [0.15, 0.2) is 0 Å². The number of likely N-dealkylation sites (tertiary alicyclic amines) is 1. The minimum absolute atomic E-state index is 0.556. The molecular formula is C11H16ClN3. The average Bonchev–Trinajstić information content (AvgIpc) is 2.69. The Morgan fingerprint density at radius 3 is 3.00 bits per heavy atom. The van der Waals surface area contributed by atoms with Crippen LogP contribution in [0.5, 0.6) is 0 Å². The SMILES string of the molecule is NCC1CCN(Cc2ccc(Cl)nc2)C1. The first-order valence-electron chi connectivity index (χ1n) is 5.31. The second-order valence-corrected chi connectivity index (χ2v) is 4.50. The Labute approximate surface area is 95.2 Å². The Kier molecular flexibility index (Phi) is 3.57. The molecule has 15 heavy (non-hydrogen) atoms. The third kappa shape index (κ3) is 2.91. The highest BCUT2D eigenvalue weighted by Crippen LogP contribution is 2.17. The maximum absolute atomic E-state index is 5.73. The molecule has 1 aromatic heterocycles. The summed E-state index contributed by atoms with van der Waals surface area (Å²) in [6.45, 7) is 4.01. The van der Waals surface area contributed by atoms with Crippen LogP contribution in [0.25, 0.3) is 0 Å². The predicted molar refractivity (Wildman–Crippen MR) is 61.7 cm³/mol. The van der Waals surface area contributed by atoms with E-state index in [2.05, 4.69) is 9.88 Å². The molecule has 2 N–H and O–H groups in total. The van der Waals surface area contributed by atoms with Crippen molar-refractivity contribution in [1.29, 1.82) is 0 Å². The molecule has 82 valence electrons. The zero-order valence-corrected chi connectivity index (χ0v) is 9.45. The molecule has 0 spiro atoms. The summed E-state index contributed by atoms with van der Waals surface area (Å²) in [5.41, 5.74) is 6.87. The van der Waals surface area contributed by atoms with E-state index >= 15 is 0 Å². The summed E-state index contributed by atoms with van der Waals surface area (Å²) in [6.07, 6.45) is 3.07. The summed E-state index contributed by atoms with van der Waals surface area (Å²) in [5, 5.41) is 0.556. The summed E-state index contributed by atoms with van der Waals surface area (Å²) < 4.78 is 0. The van der Waals surface area contributed by atoms with Gasteiger partial charge in [-0.15, -0.1) is 0 Å². The van der Waals surface area contributed by atoms with Crippen LogP contribution < -0.4 is 5.73 Å². The van der Waals surface area contributed by atoms with Crippen LogP contribution in [0.2, 0.25) is 5.15 Å². The van der Waals surface area contributed by atoms with Crippen molar-refractivity contribution in [2.75, 3.05) is 19.6 Å². The van der Waals surface area contributed by atoms with Crippen molar-refractivity contribution in [3.8, 4) is 0 Å². The number of pyridine rings is 1. The van der Waals surface area contributed by atoms with Crippen molar-refractivity contribution in [2.24, 2.45) is 11.7 Å². The normalized spacial score (nSPS) is 22.1. The summed E-state index contributed by atoms with van der Waals surface area (Å²) >= 11 is 5.73. The summed E-state index contributed by atoms with van der Waals surface area (Å²) in [4.78, 5) is 6.49. The molecule has 0 aromatic carbocycles. The highest BCUT2D eigenvalue weighted by molar-refractivity contribution is 6.29. The second kappa shape index (κ2) is 4.92. The molecule has 1 aromatic rings. The molecule has 0 bridgehead atoms. The number of aromatic nitrogens is 1. The van der Waals surface area contributed by atoms with Gasteiger partial charge >= 0.3 is 0 Å². The lowest BCUT2D eigenvalue weighted by molar-refractivity contribution is 0.317. The molecule has 3 nitrogen and oxygen atoms in total. The lowest BCUT2D eigenvalue weighted by atomic mass is 10.1. The van der Waals surface area contributed by atoms with Crippen LogP contribution in [0, 0.1) is 5.92 Å². The van der Waals surface area contributed by atoms with Gasteiger partial charge < -0.3 is 5.73 Å². The third-order valence-corrected chi connectivity index (χ3v) is 3.12. The van der Waals surface area contributed by atoms with E-state index < -0.39 is 0 Å². The minimum atomic E-state index is 0.556. The van der Waals surface area contributed by atoms with E-state index in [0.29, 0.717) is 11.1 Å². The molecule has 2 heterocycles. The van der Waals surface area contributed by atoms with Crippen molar-refractivity contribution in [3.05, 3.63) is 29.0 Å². The molecule has 4 heteroatoms. The monoisotopic (exact) mass is 225 g/mol. The van der Waals surface area contributed by atoms with Crippen molar-refractivity contribution in [1.82, 2.24) is 9.88 Å². The molecule has 0 amide bonds. The van der Waals surface area contributed by atoms with E-state index in [-0.39, 0.29) is 0 Å². The lowest BCUT2D eigenvalue weighted by Crippen LogP contribution is -2.22. The fourth-order valence-electron chi connectivity index (χ4n) is 2.01. The first-order valence-corrected chi connectivity index (χ1v) is 5.68. The zero-order chi connectivity index (χ0) is 10.7.